The van der Waals surface area contributed by atoms with Crippen molar-refractivity contribution in [1.82, 2.24) is 10.1 Å². The van der Waals surface area contributed by atoms with Crippen molar-refractivity contribution in [3.05, 3.63) is 41.8 Å². The lowest BCUT2D eigenvalue weighted by atomic mass is 10.1. The van der Waals surface area contributed by atoms with E-state index in [1.807, 2.05) is 0 Å². The van der Waals surface area contributed by atoms with E-state index < -0.39 is 5.82 Å². The van der Waals surface area contributed by atoms with E-state index in [-0.39, 0.29) is 18.1 Å². The number of carbonyl (C=O) groups excluding carboxylic acids is 1. The van der Waals surface area contributed by atoms with Crippen molar-refractivity contribution < 1.29 is 18.4 Å². The fourth-order valence-electron chi connectivity index (χ4n) is 1.30. The molecule has 0 aliphatic carbocycles. The average Bonchev–Trinajstić information content (AvgIpc) is 2.78. The van der Waals surface area contributed by atoms with Gasteiger partial charge in [0.2, 0.25) is 12.2 Å². The van der Waals surface area contributed by atoms with E-state index >= 15 is 0 Å². The van der Waals surface area contributed by atoms with Crippen LogP contribution < -0.4 is 4.74 Å². The van der Waals surface area contributed by atoms with Crippen molar-refractivity contribution in [3.8, 4) is 5.75 Å². The minimum Gasteiger partial charge on any atom is -0.485 e. The van der Waals surface area contributed by atoms with E-state index in [9.17, 15) is 9.18 Å². The van der Waals surface area contributed by atoms with Crippen molar-refractivity contribution >= 4 is 5.78 Å². The number of hydrogen-bond acceptors (Lipinski definition) is 5. The minimum atomic E-state index is -0.474. The number of nitrogens with zero attached hydrogens (tertiary/aromatic N) is 2. The van der Waals surface area contributed by atoms with Gasteiger partial charge in [-0.25, -0.2) is 4.39 Å². The van der Waals surface area contributed by atoms with Gasteiger partial charge in [0, 0.05) is 6.07 Å². The number of hydrogen-bond donors (Lipinski definition) is 0. The molecule has 17 heavy (non-hydrogen) atoms. The maximum Gasteiger partial charge on any atom is 0.213 e. The van der Waals surface area contributed by atoms with Crippen molar-refractivity contribution in [1.29, 1.82) is 0 Å². The molecule has 0 spiro atoms. The molecule has 0 atom stereocenters. The Kier molecular flexibility index (Phi) is 3.13. The molecule has 6 heteroatoms. The van der Waals surface area contributed by atoms with Crippen LogP contribution >= 0.6 is 0 Å². The van der Waals surface area contributed by atoms with Crippen molar-refractivity contribution in [2.45, 2.75) is 13.5 Å². The number of rotatable bonds is 4. The Hall–Kier alpha value is -2.24. The first kappa shape index (κ1) is 11.3. The number of halogens is 1. The Balaban J connectivity index is 2.19. The van der Waals surface area contributed by atoms with Crippen LogP contribution in [0.25, 0.3) is 0 Å². The molecule has 0 unspecified atom stereocenters. The van der Waals surface area contributed by atoms with Gasteiger partial charge >= 0.3 is 0 Å². The van der Waals surface area contributed by atoms with Gasteiger partial charge in [-0.2, -0.15) is 4.98 Å². The molecular formula is C11H9FN2O3. The van der Waals surface area contributed by atoms with Crippen LogP contribution in [0.3, 0.4) is 0 Å². The Morgan fingerprint density at radius 3 is 3.00 bits per heavy atom. The summed E-state index contributed by atoms with van der Waals surface area (Å²) in [6, 6.07) is 3.73. The number of benzene rings is 1. The summed E-state index contributed by atoms with van der Waals surface area (Å²) in [6.07, 6.45) is 1.16. The number of carbonyl (C=O) groups is 1. The first-order valence-corrected chi connectivity index (χ1v) is 4.85. The first-order valence-electron chi connectivity index (χ1n) is 4.85. The summed E-state index contributed by atoms with van der Waals surface area (Å²) in [4.78, 5) is 15.0. The summed E-state index contributed by atoms with van der Waals surface area (Å²) in [7, 11) is 0. The quantitative estimate of drug-likeness (QED) is 0.759. The largest absolute Gasteiger partial charge is 0.485 e. The van der Waals surface area contributed by atoms with E-state index in [0.29, 0.717) is 11.4 Å². The third-order valence-electron chi connectivity index (χ3n) is 2.09. The molecule has 1 heterocycles. The highest BCUT2D eigenvalue weighted by Crippen LogP contribution is 2.21. The summed E-state index contributed by atoms with van der Waals surface area (Å²) in [5, 5.41) is 3.54. The van der Waals surface area contributed by atoms with E-state index in [2.05, 4.69) is 14.7 Å². The van der Waals surface area contributed by atoms with Crippen molar-refractivity contribution in [2.75, 3.05) is 0 Å². The fourth-order valence-corrected chi connectivity index (χ4v) is 1.30. The van der Waals surface area contributed by atoms with Gasteiger partial charge in [0.05, 0.1) is 5.56 Å². The lowest BCUT2D eigenvalue weighted by Crippen LogP contribution is -2.03. The summed E-state index contributed by atoms with van der Waals surface area (Å²) in [5.41, 5.74) is 0.315. The van der Waals surface area contributed by atoms with Gasteiger partial charge < -0.3 is 9.26 Å². The van der Waals surface area contributed by atoms with Crippen LogP contribution in [-0.4, -0.2) is 15.9 Å². The molecule has 2 aromatic rings. The molecule has 0 N–H and O–H groups in total. The highest BCUT2D eigenvalue weighted by atomic mass is 19.1. The van der Waals surface area contributed by atoms with Gasteiger partial charge in [-0.1, -0.05) is 5.16 Å². The van der Waals surface area contributed by atoms with E-state index in [0.717, 1.165) is 12.5 Å². The predicted octanol–water partition coefficient (Wildman–Crippen LogP) is 1.99. The maximum absolute atomic E-state index is 13.0. The summed E-state index contributed by atoms with van der Waals surface area (Å²) in [6.45, 7) is 1.40. The van der Waals surface area contributed by atoms with E-state index in [4.69, 9.17) is 4.74 Å². The molecule has 0 saturated carbocycles. The third kappa shape index (κ3) is 2.66. The van der Waals surface area contributed by atoms with Crippen molar-refractivity contribution in [3.63, 3.8) is 0 Å². The van der Waals surface area contributed by atoms with Crippen LogP contribution in [0.4, 0.5) is 4.39 Å². The Bertz CT molecular complexity index is 526. The highest BCUT2D eigenvalue weighted by molar-refractivity contribution is 5.96. The normalized spacial score (nSPS) is 10.2. The summed E-state index contributed by atoms with van der Waals surface area (Å²) >= 11 is 0. The van der Waals surface area contributed by atoms with Crippen LogP contribution in [-0.2, 0) is 6.61 Å². The van der Waals surface area contributed by atoms with Crippen LogP contribution in [0.15, 0.2) is 29.1 Å². The zero-order chi connectivity index (χ0) is 12.3. The van der Waals surface area contributed by atoms with Gasteiger partial charge in [-0.05, 0) is 19.1 Å². The van der Waals surface area contributed by atoms with Gasteiger partial charge in [-0.3, -0.25) is 4.79 Å². The van der Waals surface area contributed by atoms with Gasteiger partial charge in [0.25, 0.3) is 0 Å². The summed E-state index contributed by atoms with van der Waals surface area (Å²) in [5.74, 6) is -0.183. The molecule has 88 valence electrons. The highest BCUT2D eigenvalue weighted by Gasteiger charge is 2.10. The maximum atomic E-state index is 13.0. The Morgan fingerprint density at radius 1 is 1.53 bits per heavy atom. The average molecular weight is 236 g/mol. The minimum absolute atomic E-state index is 0.0141. The molecular weight excluding hydrogens is 227 g/mol. The SMILES string of the molecule is CC(=O)c1ccc(F)cc1OCc1ncon1. The monoisotopic (exact) mass is 236 g/mol. The van der Waals surface area contributed by atoms with Crippen LogP contribution in [0.1, 0.15) is 23.1 Å². The smallest absolute Gasteiger partial charge is 0.213 e. The molecule has 0 saturated heterocycles. The number of aromatic nitrogens is 2. The predicted molar refractivity (Wildman–Crippen MR) is 55.0 cm³/mol. The van der Waals surface area contributed by atoms with E-state index in [1.54, 1.807) is 0 Å². The second-order valence-corrected chi connectivity index (χ2v) is 3.33. The molecule has 0 fully saturated rings. The Morgan fingerprint density at radius 2 is 2.35 bits per heavy atom. The lowest BCUT2D eigenvalue weighted by Gasteiger charge is -2.07. The molecule has 1 aromatic carbocycles. The number of Topliss-reactive ketones (excluding diaryl/α,β-unsaturated/α-hetero) is 1. The molecule has 0 aliphatic heterocycles. The van der Waals surface area contributed by atoms with Gasteiger partial charge in [0.15, 0.2) is 12.4 Å². The number of ether oxygens (including phenoxy) is 1. The molecule has 0 aliphatic rings. The van der Waals surface area contributed by atoms with Crippen molar-refractivity contribution in [2.24, 2.45) is 0 Å². The number of ketones is 1. The summed E-state index contributed by atoms with van der Waals surface area (Å²) < 4.78 is 22.8. The molecule has 0 radical (unpaired) electrons. The molecule has 2 rings (SSSR count). The van der Waals surface area contributed by atoms with Gasteiger partial charge in [-0.15, -0.1) is 0 Å². The standard InChI is InChI=1S/C11H9FN2O3/c1-7(15)9-3-2-8(12)4-10(9)16-5-11-13-6-17-14-11/h2-4,6H,5H2,1H3. The fraction of sp³-hybridized carbons (Fsp3) is 0.182. The third-order valence-corrected chi connectivity index (χ3v) is 2.09. The second kappa shape index (κ2) is 4.73. The zero-order valence-electron chi connectivity index (χ0n) is 9.01. The van der Waals surface area contributed by atoms with Crippen LogP contribution in [0, 0.1) is 5.82 Å². The molecule has 0 amide bonds. The topological polar surface area (TPSA) is 65.2 Å². The van der Waals surface area contributed by atoms with Crippen LogP contribution in [0.5, 0.6) is 5.75 Å². The molecule has 1 aromatic heterocycles. The second-order valence-electron chi connectivity index (χ2n) is 3.33. The lowest BCUT2D eigenvalue weighted by molar-refractivity contribution is 0.101. The van der Waals surface area contributed by atoms with E-state index in [1.165, 1.54) is 19.1 Å². The van der Waals surface area contributed by atoms with Gasteiger partial charge in [0.1, 0.15) is 11.6 Å². The molecule has 5 nitrogen and oxygen atoms in total. The first-order chi connectivity index (χ1) is 8.16. The zero-order valence-corrected chi connectivity index (χ0v) is 9.01. The molecule has 0 bridgehead atoms. The Labute approximate surface area is 96.2 Å². The van der Waals surface area contributed by atoms with Crippen LogP contribution in [0.2, 0.25) is 0 Å².